The molecular formula is C16H18O2. The van der Waals surface area contributed by atoms with E-state index in [9.17, 15) is 5.11 Å². The standard InChI is InChI=1S/C16H18O2/c1-11-9-14(18-3)10-12(2)15(11)16(17)13-7-5-4-6-8-13/h4-10,16-17H,1-3H3. The molecule has 0 heterocycles. The Hall–Kier alpha value is -1.80. The molecule has 0 aromatic heterocycles. The van der Waals surface area contributed by atoms with Crippen LogP contribution in [0.2, 0.25) is 0 Å². The van der Waals surface area contributed by atoms with Crippen molar-refractivity contribution in [3.8, 4) is 5.75 Å². The van der Waals surface area contributed by atoms with Gasteiger partial charge in [-0.25, -0.2) is 0 Å². The van der Waals surface area contributed by atoms with E-state index >= 15 is 0 Å². The van der Waals surface area contributed by atoms with Gasteiger partial charge in [-0.05, 0) is 48.2 Å². The highest BCUT2D eigenvalue weighted by atomic mass is 16.5. The van der Waals surface area contributed by atoms with Crippen molar-refractivity contribution in [2.75, 3.05) is 7.11 Å². The maximum atomic E-state index is 10.5. The summed E-state index contributed by atoms with van der Waals surface area (Å²) in [6.45, 7) is 3.99. The number of rotatable bonds is 3. The van der Waals surface area contributed by atoms with E-state index in [-0.39, 0.29) is 0 Å². The van der Waals surface area contributed by atoms with E-state index in [1.54, 1.807) is 7.11 Å². The molecule has 2 nitrogen and oxygen atoms in total. The monoisotopic (exact) mass is 242 g/mol. The molecule has 0 aliphatic heterocycles. The molecule has 0 saturated heterocycles. The van der Waals surface area contributed by atoms with Crippen LogP contribution in [0.4, 0.5) is 0 Å². The predicted octanol–water partition coefficient (Wildman–Crippen LogP) is 3.39. The van der Waals surface area contributed by atoms with Gasteiger partial charge in [0, 0.05) is 0 Å². The van der Waals surface area contributed by atoms with Gasteiger partial charge in [-0.2, -0.15) is 0 Å². The lowest BCUT2D eigenvalue weighted by Crippen LogP contribution is -2.05. The molecule has 2 rings (SSSR count). The smallest absolute Gasteiger partial charge is 0.119 e. The zero-order valence-corrected chi connectivity index (χ0v) is 11.0. The van der Waals surface area contributed by atoms with Gasteiger partial charge in [0.15, 0.2) is 0 Å². The van der Waals surface area contributed by atoms with Crippen molar-refractivity contribution >= 4 is 0 Å². The van der Waals surface area contributed by atoms with Gasteiger partial charge in [0.25, 0.3) is 0 Å². The van der Waals surface area contributed by atoms with Gasteiger partial charge < -0.3 is 9.84 Å². The van der Waals surface area contributed by atoms with Crippen LogP contribution >= 0.6 is 0 Å². The third-order valence-electron chi connectivity index (χ3n) is 3.19. The molecule has 0 aliphatic carbocycles. The lowest BCUT2D eigenvalue weighted by Gasteiger charge is -2.18. The largest absolute Gasteiger partial charge is 0.497 e. The van der Waals surface area contributed by atoms with E-state index in [2.05, 4.69) is 0 Å². The number of aliphatic hydroxyl groups excluding tert-OH is 1. The molecule has 2 aromatic carbocycles. The summed E-state index contributed by atoms with van der Waals surface area (Å²) in [4.78, 5) is 0. The summed E-state index contributed by atoms with van der Waals surface area (Å²) in [6, 6.07) is 13.6. The van der Waals surface area contributed by atoms with Crippen LogP contribution in [0.15, 0.2) is 42.5 Å². The highest BCUT2D eigenvalue weighted by molar-refractivity contribution is 5.45. The SMILES string of the molecule is COc1cc(C)c(C(O)c2ccccc2)c(C)c1. The summed E-state index contributed by atoms with van der Waals surface area (Å²) in [7, 11) is 1.65. The summed E-state index contributed by atoms with van der Waals surface area (Å²) in [5.41, 5.74) is 3.96. The number of aryl methyl sites for hydroxylation is 2. The molecule has 0 fully saturated rings. The second kappa shape index (κ2) is 5.23. The molecule has 0 bridgehead atoms. The van der Waals surface area contributed by atoms with Crippen molar-refractivity contribution in [3.63, 3.8) is 0 Å². The maximum absolute atomic E-state index is 10.5. The summed E-state index contributed by atoms with van der Waals surface area (Å²) in [5.74, 6) is 0.828. The van der Waals surface area contributed by atoms with Crippen LogP contribution in [-0.4, -0.2) is 12.2 Å². The van der Waals surface area contributed by atoms with E-state index in [0.717, 1.165) is 28.0 Å². The number of methoxy groups -OCH3 is 1. The summed E-state index contributed by atoms with van der Waals surface area (Å²) in [6.07, 6.45) is -0.586. The van der Waals surface area contributed by atoms with Gasteiger partial charge in [0.1, 0.15) is 11.9 Å². The van der Waals surface area contributed by atoms with Crippen molar-refractivity contribution in [1.29, 1.82) is 0 Å². The molecule has 1 atom stereocenters. The Morgan fingerprint density at radius 1 is 1.00 bits per heavy atom. The molecule has 0 amide bonds. The summed E-state index contributed by atoms with van der Waals surface area (Å²) < 4.78 is 5.23. The first-order valence-electron chi connectivity index (χ1n) is 6.01. The van der Waals surface area contributed by atoms with Crippen molar-refractivity contribution in [2.45, 2.75) is 20.0 Å². The van der Waals surface area contributed by atoms with Gasteiger partial charge in [0.2, 0.25) is 0 Å². The Morgan fingerprint density at radius 2 is 1.56 bits per heavy atom. The topological polar surface area (TPSA) is 29.5 Å². The minimum Gasteiger partial charge on any atom is -0.497 e. The fraction of sp³-hybridized carbons (Fsp3) is 0.250. The molecule has 2 heteroatoms. The molecule has 0 spiro atoms. The third kappa shape index (κ3) is 2.39. The Kier molecular flexibility index (Phi) is 3.68. The Balaban J connectivity index is 2.45. The minimum absolute atomic E-state index is 0.586. The van der Waals surface area contributed by atoms with Crippen molar-refractivity contribution in [3.05, 3.63) is 64.7 Å². The predicted molar refractivity (Wildman–Crippen MR) is 73.0 cm³/mol. The second-order valence-corrected chi connectivity index (χ2v) is 4.49. The molecule has 18 heavy (non-hydrogen) atoms. The highest BCUT2D eigenvalue weighted by Gasteiger charge is 2.16. The Labute approximate surface area is 108 Å². The zero-order chi connectivity index (χ0) is 13.1. The van der Waals surface area contributed by atoms with Gasteiger partial charge in [-0.15, -0.1) is 0 Å². The van der Waals surface area contributed by atoms with Crippen LogP contribution in [0.5, 0.6) is 5.75 Å². The summed E-state index contributed by atoms with van der Waals surface area (Å²) >= 11 is 0. The van der Waals surface area contributed by atoms with Crippen molar-refractivity contribution in [2.24, 2.45) is 0 Å². The number of hydrogen-bond acceptors (Lipinski definition) is 2. The van der Waals surface area contributed by atoms with Crippen LogP contribution in [0.3, 0.4) is 0 Å². The Morgan fingerprint density at radius 3 is 2.06 bits per heavy atom. The van der Waals surface area contributed by atoms with E-state index < -0.39 is 6.10 Å². The fourth-order valence-electron chi connectivity index (χ4n) is 2.29. The van der Waals surface area contributed by atoms with E-state index in [4.69, 9.17) is 4.74 Å². The zero-order valence-electron chi connectivity index (χ0n) is 11.0. The highest BCUT2D eigenvalue weighted by Crippen LogP contribution is 2.30. The normalized spacial score (nSPS) is 12.2. The average molecular weight is 242 g/mol. The molecule has 0 radical (unpaired) electrons. The quantitative estimate of drug-likeness (QED) is 0.894. The first kappa shape index (κ1) is 12.7. The average Bonchev–Trinajstić information content (AvgIpc) is 2.38. The van der Waals surface area contributed by atoms with Gasteiger partial charge in [-0.3, -0.25) is 0 Å². The van der Waals surface area contributed by atoms with E-state index in [1.165, 1.54) is 0 Å². The molecule has 0 saturated carbocycles. The lowest BCUT2D eigenvalue weighted by atomic mass is 9.93. The number of ether oxygens (including phenoxy) is 1. The number of hydrogen-bond donors (Lipinski definition) is 1. The lowest BCUT2D eigenvalue weighted by molar-refractivity contribution is 0.218. The first-order chi connectivity index (χ1) is 8.63. The van der Waals surface area contributed by atoms with Gasteiger partial charge in [0.05, 0.1) is 7.11 Å². The maximum Gasteiger partial charge on any atom is 0.119 e. The first-order valence-corrected chi connectivity index (χ1v) is 6.01. The van der Waals surface area contributed by atoms with Crippen LogP contribution < -0.4 is 4.74 Å². The van der Waals surface area contributed by atoms with Crippen LogP contribution in [0.25, 0.3) is 0 Å². The second-order valence-electron chi connectivity index (χ2n) is 4.49. The van der Waals surface area contributed by atoms with Crippen LogP contribution in [0.1, 0.15) is 28.4 Å². The molecule has 1 unspecified atom stereocenters. The van der Waals surface area contributed by atoms with Crippen molar-refractivity contribution < 1.29 is 9.84 Å². The molecule has 94 valence electrons. The molecular weight excluding hydrogens is 224 g/mol. The molecule has 1 N–H and O–H groups in total. The third-order valence-corrected chi connectivity index (χ3v) is 3.19. The fourth-order valence-corrected chi connectivity index (χ4v) is 2.29. The molecule has 2 aromatic rings. The molecule has 0 aliphatic rings. The van der Waals surface area contributed by atoms with Gasteiger partial charge >= 0.3 is 0 Å². The van der Waals surface area contributed by atoms with Gasteiger partial charge in [-0.1, -0.05) is 30.3 Å². The summed E-state index contributed by atoms with van der Waals surface area (Å²) in [5, 5.41) is 10.5. The Bertz CT molecular complexity index is 509. The number of benzene rings is 2. The number of aliphatic hydroxyl groups is 1. The minimum atomic E-state index is -0.586. The van der Waals surface area contributed by atoms with Crippen LogP contribution in [-0.2, 0) is 0 Å². The van der Waals surface area contributed by atoms with Crippen molar-refractivity contribution in [1.82, 2.24) is 0 Å². The van der Waals surface area contributed by atoms with E-state index in [1.807, 2.05) is 56.3 Å². The van der Waals surface area contributed by atoms with Crippen LogP contribution in [0, 0.1) is 13.8 Å². The van der Waals surface area contributed by atoms with E-state index in [0.29, 0.717) is 0 Å².